The molecule has 3 rings (SSSR count). The molecule has 120 valence electrons. The number of carbonyl (C=O) groups is 1. The van der Waals surface area contributed by atoms with Crippen molar-refractivity contribution in [1.82, 2.24) is 0 Å². The fourth-order valence-electron chi connectivity index (χ4n) is 2.53. The Balaban J connectivity index is 2.03. The Morgan fingerprint density at radius 1 is 1.33 bits per heavy atom. The maximum Gasteiger partial charge on any atom is 0.256 e. The van der Waals surface area contributed by atoms with Crippen molar-refractivity contribution in [1.29, 1.82) is 0 Å². The molecule has 0 atom stereocenters. The summed E-state index contributed by atoms with van der Waals surface area (Å²) in [6, 6.07) is 11.2. The monoisotopic (exact) mass is 383 g/mol. The van der Waals surface area contributed by atoms with Crippen molar-refractivity contribution in [2.24, 2.45) is 0 Å². The number of halogens is 1. The number of hydrogen-bond acceptors (Lipinski definition) is 3. The van der Waals surface area contributed by atoms with Crippen LogP contribution in [0.2, 0.25) is 0 Å². The minimum absolute atomic E-state index is 0.126. The molecule has 0 bridgehead atoms. The van der Waals surface area contributed by atoms with Gasteiger partial charge in [0.25, 0.3) is 5.91 Å². The molecule has 0 aliphatic carbocycles. The van der Waals surface area contributed by atoms with Crippen molar-refractivity contribution < 1.29 is 14.3 Å². The van der Waals surface area contributed by atoms with Crippen LogP contribution in [0, 0.1) is 12.3 Å². The molecule has 24 heavy (non-hydrogen) atoms. The number of carbonyl (C=O) groups excluding carboxylic acids is 1. The molecule has 0 spiro atoms. The van der Waals surface area contributed by atoms with Gasteiger partial charge in [0.1, 0.15) is 6.61 Å². The molecule has 1 aliphatic heterocycles. The smallest absolute Gasteiger partial charge is 0.256 e. The van der Waals surface area contributed by atoms with E-state index in [1.165, 1.54) is 0 Å². The summed E-state index contributed by atoms with van der Waals surface area (Å²) in [6.07, 6.45) is 7.05. The number of amides is 1. The van der Waals surface area contributed by atoms with Crippen molar-refractivity contribution in [3.8, 4) is 23.8 Å². The average Bonchev–Trinajstić information content (AvgIpc) is 2.89. The molecule has 4 nitrogen and oxygen atoms in total. The Morgan fingerprint density at radius 2 is 2.12 bits per heavy atom. The van der Waals surface area contributed by atoms with Gasteiger partial charge in [-0.15, -0.1) is 6.42 Å². The maximum atomic E-state index is 12.2. The van der Waals surface area contributed by atoms with E-state index in [4.69, 9.17) is 15.9 Å². The number of anilines is 1. The van der Waals surface area contributed by atoms with Crippen LogP contribution in [-0.4, -0.2) is 19.6 Å². The van der Waals surface area contributed by atoms with Crippen LogP contribution in [0.3, 0.4) is 0 Å². The van der Waals surface area contributed by atoms with Gasteiger partial charge in [0, 0.05) is 16.8 Å². The fourth-order valence-corrected chi connectivity index (χ4v) is 3.10. The molecule has 1 aliphatic rings. The second-order valence-corrected chi connectivity index (χ2v) is 5.94. The van der Waals surface area contributed by atoms with E-state index in [1.54, 1.807) is 13.2 Å². The zero-order chi connectivity index (χ0) is 17.1. The molecule has 0 saturated carbocycles. The van der Waals surface area contributed by atoms with Crippen LogP contribution in [-0.2, 0) is 4.79 Å². The molecular weight excluding hydrogens is 370 g/mol. The molecular formula is C19H14BrNO3. The summed E-state index contributed by atoms with van der Waals surface area (Å²) in [5.41, 5.74) is 3.12. The SMILES string of the molecule is C#CCOc1c(Br)cc(/C=C2/C(=O)Nc3ccccc32)cc1OC. The van der Waals surface area contributed by atoms with Crippen LogP contribution in [0.15, 0.2) is 40.9 Å². The van der Waals surface area contributed by atoms with E-state index in [2.05, 4.69) is 27.2 Å². The highest BCUT2D eigenvalue weighted by atomic mass is 79.9. The Bertz CT molecular complexity index is 881. The molecule has 0 saturated heterocycles. The summed E-state index contributed by atoms with van der Waals surface area (Å²) in [7, 11) is 1.55. The molecule has 5 heteroatoms. The fraction of sp³-hybridized carbons (Fsp3) is 0.105. The third-order valence-electron chi connectivity index (χ3n) is 3.57. The Kier molecular flexibility index (Phi) is 4.59. The lowest BCUT2D eigenvalue weighted by Gasteiger charge is -2.12. The Labute approximate surface area is 148 Å². The first-order chi connectivity index (χ1) is 11.6. The molecule has 0 radical (unpaired) electrons. The normalized spacial score (nSPS) is 14.0. The highest BCUT2D eigenvalue weighted by Crippen LogP contribution is 2.39. The van der Waals surface area contributed by atoms with Gasteiger partial charge in [-0.1, -0.05) is 24.1 Å². The van der Waals surface area contributed by atoms with E-state index in [0.717, 1.165) is 16.8 Å². The van der Waals surface area contributed by atoms with Crippen LogP contribution in [0.4, 0.5) is 5.69 Å². The second kappa shape index (κ2) is 6.81. The molecule has 0 fully saturated rings. The third-order valence-corrected chi connectivity index (χ3v) is 4.16. The molecule has 0 aromatic heterocycles. The van der Waals surface area contributed by atoms with Crippen molar-refractivity contribution in [3.63, 3.8) is 0 Å². The highest BCUT2D eigenvalue weighted by Gasteiger charge is 2.23. The first kappa shape index (κ1) is 16.2. The van der Waals surface area contributed by atoms with Crippen LogP contribution >= 0.6 is 15.9 Å². The summed E-state index contributed by atoms with van der Waals surface area (Å²) in [5, 5.41) is 2.85. The molecule has 1 amide bonds. The number of fused-ring (bicyclic) bond motifs is 1. The summed E-state index contributed by atoms with van der Waals surface area (Å²) in [6.45, 7) is 0.144. The number of para-hydroxylation sites is 1. The lowest BCUT2D eigenvalue weighted by Crippen LogP contribution is -2.03. The second-order valence-electron chi connectivity index (χ2n) is 5.08. The third kappa shape index (κ3) is 3.01. The van der Waals surface area contributed by atoms with Gasteiger partial charge in [0.15, 0.2) is 11.5 Å². The van der Waals surface area contributed by atoms with Gasteiger partial charge in [0.2, 0.25) is 0 Å². The number of methoxy groups -OCH3 is 1. The average molecular weight is 384 g/mol. The largest absolute Gasteiger partial charge is 0.493 e. The summed E-state index contributed by atoms with van der Waals surface area (Å²) in [4.78, 5) is 12.2. The summed E-state index contributed by atoms with van der Waals surface area (Å²) >= 11 is 3.46. The molecule has 2 aromatic carbocycles. The zero-order valence-electron chi connectivity index (χ0n) is 12.9. The van der Waals surface area contributed by atoms with Crippen LogP contribution < -0.4 is 14.8 Å². The first-order valence-electron chi connectivity index (χ1n) is 7.20. The van der Waals surface area contributed by atoms with E-state index in [0.29, 0.717) is 21.5 Å². The van der Waals surface area contributed by atoms with Crippen molar-refractivity contribution in [3.05, 3.63) is 52.0 Å². The number of nitrogens with one attached hydrogen (secondary N) is 1. The van der Waals surface area contributed by atoms with Gasteiger partial charge in [-0.05, 0) is 45.8 Å². The highest BCUT2D eigenvalue weighted by molar-refractivity contribution is 9.10. The standard InChI is InChI=1S/C19H14BrNO3/c1-3-8-24-18-15(20)10-12(11-17(18)23-2)9-14-13-6-4-5-7-16(13)21-19(14)22/h1,4-7,9-11H,8H2,2H3,(H,21,22)/b14-9+. The predicted molar refractivity (Wildman–Crippen MR) is 98.0 cm³/mol. The number of benzene rings is 2. The number of ether oxygens (including phenoxy) is 2. The van der Waals surface area contributed by atoms with Crippen molar-refractivity contribution >= 4 is 39.2 Å². The van der Waals surface area contributed by atoms with E-state index in [1.807, 2.05) is 36.4 Å². The van der Waals surface area contributed by atoms with Crippen LogP contribution in [0.5, 0.6) is 11.5 Å². The molecule has 0 unspecified atom stereocenters. The zero-order valence-corrected chi connectivity index (χ0v) is 14.5. The first-order valence-corrected chi connectivity index (χ1v) is 7.99. The minimum atomic E-state index is -0.126. The van der Waals surface area contributed by atoms with Gasteiger partial charge < -0.3 is 14.8 Å². The van der Waals surface area contributed by atoms with Gasteiger partial charge in [-0.3, -0.25) is 4.79 Å². The van der Waals surface area contributed by atoms with Gasteiger partial charge >= 0.3 is 0 Å². The molecule has 1 N–H and O–H groups in total. The molecule has 2 aromatic rings. The van der Waals surface area contributed by atoms with Crippen LogP contribution in [0.25, 0.3) is 11.6 Å². The summed E-state index contributed by atoms with van der Waals surface area (Å²) < 4.78 is 11.6. The quantitative estimate of drug-likeness (QED) is 0.641. The Morgan fingerprint density at radius 3 is 2.88 bits per heavy atom. The van der Waals surface area contributed by atoms with E-state index in [9.17, 15) is 4.79 Å². The number of hydrogen-bond donors (Lipinski definition) is 1. The van der Waals surface area contributed by atoms with Crippen LogP contribution in [0.1, 0.15) is 11.1 Å². The summed E-state index contributed by atoms with van der Waals surface area (Å²) in [5.74, 6) is 3.37. The van der Waals surface area contributed by atoms with Gasteiger partial charge in [0.05, 0.1) is 11.6 Å². The number of terminal acetylenes is 1. The van der Waals surface area contributed by atoms with E-state index >= 15 is 0 Å². The van der Waals surface area contributed by atoms with Gasteiger partial charge in [-0.2, -0.15) is 0 Å². The molecule has 1 heterocycles. The Hall–Kier alpha value is -2.71. The van der Waals surface area contributed by atoms with Crippen molar-refractivity contribution in [2.75, 3.05) is 19.0 Å². The maximum absolute atomic E-state index is 12.2. The minimum Gasteiger partial charge on any atom is -0.493 e. The van der Waals surface area contributed by atoms with E-state index < -0.39 is 0 Å². The predicted octanol–water partition coefficient (Wildman–Crippen LogP) is 3.96. The number of rotatable bonds is 4. The topological polar surface area (TPSA) is 47.6 Å². The van der Waals surface area contributed by atoms with Crippen molar-refractivity contribution in [2.45, 2.75) is 0 Å². The van der Waals surface area contributed by atoms with E-state index in [-0.39, 0.29) is 12.5 Å². The van der Waals surface area contributed by atoms with Gasteiger partial charge in [-0.25, -0.2) is 0 Å². The lowest BCUT2D eigenvalue weighted by molar-refractivity contribution is -0.110. The lowest BCUT2D eigenvalue weighted by atomic mass is 10.0.